The molecule has 3 N–H and O–H groups in total. The van der Waals surface area contributed by atoms with Crippen LogP contribution in [0.4, 0.5) is 11.5 Å². The number of carbonyl (C=O) groups excluding carboxylic acids is 3. The molecule has 5 aromatic rings. The Kier molecular flexibility index (Phi) is 9.97. The van der Waals surface area contributed by atoms with E-state index in [0.717, 1.165) is 21.6 Å². The first-order valence-electron chi connectivity index (χ1n) is 14.0. The predicted molar refractivity (Wildman–Crippen MR) is 177 cm³/mol. The van der Waals surface area contributed by atoms with Gasteiger partial charge in [-0.3, -0.25) is 14.4 Å². The van der Waals surface area contributed by atoms with E-state index in [1.54, 1.807) is 79.9 Å². The monoisotopic (exact) mass is 598 g/mol. The Balaban J connectivity index is 1.32. The number of carbonyl (C=O) groups is 3. The predicted octanol–water partition coefficient (Wildman–Crippen LogP) is 7.28. The quantitative estimate of drug-likeness (QED) is 0.116. The summed E-state index contributed by atoms with van der Waals surface area (Å²) in [6.45, 7) is 1.80. The van der Waals surface area contributed by atoms with Crippen molar-refractivity contribution in [2.24, 2.45) is 0 Å². The van der Waals surface area contributed by atoms with Crippen molar-refractivity contribution in [3.8, 4) is 11.1 Å². The fraction of sp³-hybridized carbons (Fsp3) is 0.0556. The van der Waals surface area contributed by atoms with Crippen molar-refractivity contribution in [3.63, 3.8) is 0 Å². The molecule has 8 heteroatoms. The minimum absolute atomic E-state index is 0.0903. The molecule has 1 unspecified atom stereocenters. The topological polar surface area (TPSA) is 100 Å². The van der Waals surface area contributed by atoms with Gasteiger partial charge in [0.15, 0.2) is 0 Å². The summed E-state index contributed by atoms with van der Waals surface area (Å²) in [4.78, 5) is 44.2. The van der Waals surface area contributed by atoms with Crippen LogP contribution < -0.4 is 16.0 Å². The summed E-state index contributed by atoms with van der Waals surface area (Å²) in [5.41, 5.74) is 3.92. The van der Waals surface area contributed by atoms with Crippen LogP contribution in [0.1, 0.15) is 22.8 Å². The van der Waals surface area contributed by atoms with Gasteiger partial charge in [-0.05, 0) is 72.2 Å². The van der Waals surface area contributed by atoms with E-state index in [1.165, 1.54) is 11.8 Å². The van der Waals surface area contributed by atoms with Crippen LogP contribution >= 0.6 is 11.8 Å². The minimum Gasteiger partial charge on any atom is -0.321 e. The van der Waals surface area contributed by atoms with Crippen LogP contribution in [0.15, 0.2) is 144 Å². The second-order valence-corrected chi connectivity index (χ2v) is 11.2. The van der Waals surface area contributed by atoms with Gasteiger partial charge in [-0.15, -0.1) is 11.8 Å². The molecule has 0 saturated heterocycles. The molecule has 1 atom stereocenters. The second kappa shape index (κ2) is 14.6. The highest BCUT2D eigenvalue weighted by molar-refractivity contribution is 8.00. The van der Waals surface area contributed by atoms with Crippen LogP contribution in [0, 0.1) is 0 Å². The van der Waals surface area contributed by atoms with Crippen molar-refractivity contribution in [2.45, 2.75) is 17.1 Å². The van der Waals surface area contributed by atoms with Crippen LogP contribution in [-0.4, -0.2) is 28.0 Å². The number of hydrogen-bond acceptors (Lipinski definition) is 5. The number of anilines is 2. The van der Waals surface area contributed by atoms with Gasteiger partial charge in [0.05, 0.1) is 5.25 Å². The zero-order valence-electron chi connectivity index (χ0n) is 23.9. The summed E-state index contributed by atoms with van der Waals surface area (Å²) in [5, 5.41) is 8.06. The Labute approximate surface area is 260 Å². The van der Waals surface area contributed by atoms with Gasteiger partial charge in [0.2, 0.25) is 5.91 Å². The van der Waals surface area contributed by atoms with Crippen molar-refractivity contribution in [1.29, 1.82) is 0 Å². The summed E-state index contributed by atoms with van der Waals surface area (Å²) >= 11 is 1.36. The van der Waals surface area contributed by atoms with E-state index in [9.17, 15) is 14.4 Å². The first kappa shape index (κ1) is 30.0. The number of rotatable bonds is 10. The molecule has 218 valence electrons. The van der Waals surface area contributed by atoms with E-state index in [-0.39, 0.29) is 11.6 Å². The standard InChI is InChI=1S/C36H30N4O3S/c1-25(34(41)40-33-17-8-9-22-37-33)44-31-16-10-15-30(24-31)38-36(43)32(39-35(42)29-13-6-3-7-14-29)23-26-18-20-28(21-19-26)27-11-4-2-5-12-27/h2-25H,1H3,(H,38,43)(H,39,42)(H,37,40,41)/b32-23+. The van der Waals surface area contributed by atoms with Crippen molar-refractivity contribution in [1.82, 2.24) is 10.3 Å². The van der Waals surface area contributed by atoms with E-state index in [2.05, 4.69) is 20.9 Å². The van der Waals surface area contributed by atoms with Gasteiger partial charge in [-0.1, -0.05) is 84.9 Å². The smallest absolute Gasteiger partial charge is 0.272 e. The molecule has 5 rings (SSSR count). The summed E-state index contributed by atoms with van der Waals surface area (Å²) in [5.74, 6) is -0.581. The lowest BCUT2D eigenvalue weighted by molar-refractivity contribution is -0.115. The molecule has 3 amide bonds. The number of nitrogens with zero attached hydrogens (tertiary/aromatic N) is 1. The Morgan fingerprint density at radius 2 is 1.41 bits per heavy atom. The summed E-state index contributed by atoms with van der Waals surface area (Å²) in [6.07, 6.45) is 3.26. The molecule has 44 heavy (non-hydrogen) atoms. The molecule has 0 bridgehead atoms. The zero-order chi connectivity index (χ0) is 30.7. The first-order valence-corrected chi connectivity index (χ1v) is 14.9. The average molecular weight is 599 g/mol. The molecule has 1 heterocycles. The maximum atomic E-state index is 13.5. The lowest BCUT2D eigenvalue weighted by Crippen LogP contribution is -2.30. The number of benzene rings is 4. The molecule has 7 nitrogen and oxygen atoms in total. The molecule has 0 fully saturated rings. The van der Waals surface area contributed by atoms with Crippen LogP contribution in [-0.2, 0) is 9.59 Å². The molecule has 0 aliphatic carbocycles. The van der Waals surface area contributed by atoms with Gasteiger partial charge in [0, 0.05) is 22.3 Å². The summed E-state index contributed by atoms with van der Waals surface area (Å²) in [7, 11) is 0. The highest BCUT2D eigenvalue weighted by Gasteiger charge is 2.17. The maximum absolute atomic E-state index is 13.5. The summed E-state index contributed by atoms with van der Waals surface area (Å²) < 4.78 is 0. The molecular formula is C36H30N4O3S. The third-order valence-corrected chi connectivity index (χ3v) is 7.64. The second-order valence-electron chi connectivity index (χ2n) is 9.81. The largest absolute Gasteiger partial charge is 0.321 e. The number of hydrogen-bond donors (Lipinski definition) is 3. The molecule has 0 radical (unpaired) electrons. The van der Waals surface area contributed by atoms with E-state index in [1.807, 2.05) is 66.7 Å². The fourth-order valence-corrected chi connectivity index (χ4v) is 5.21. The molecule has 1 aromatic heterocycles. The van der Waals surface area contributed by atoms with Gasteiger partial charge < -0.3 is 16.0 Å². The maximum Gasteiger partial charge on any atom is 0.272 e. The van der Waals surface area contributed by atoms with E-state index < -0.39 is 17.1 Å². The van der Waals surface area contributed by atoms with E-state index in [0.29, 0.717) is 17.1 Å². The average Bonchev–Trinajstić information content (AvgIpc) is 3.06. The first-order chi connectivity index (χ1) is 21.4. The highest BCUT2D eigenvalue weighted by atomic mass is 32.2. The Hall–Kier alpha value is -5.47. The number of nitrogens with one attached hydrogen (secondary N) is 3. The van der Waals surface area contributed by atoms with Crippen molar-refractivity contribution in [3.05, 3.63) is 150 Å². The van der Waals surface area contributed by atoms with Gasteiger partial charge in [0.25, 0.3) is 11.8 Å². The SMILES string of the molecule is CC(Sc1cccc(NC(=O)/C(=C\c2ccc(-c3ccccc3)cc2)NC(=O)c2ccccc2)c1)C(=O)Nc1ccccn1. The number of amides is 3. The number of thioether (sulfide) groups is 1. The lowest BCUT2D eigenvalue weighted by Gasteiger charge is -2.14. The van der Waals surface area contributed by atoms with Crippen LogP contribution in [0.5, 0.6) is 0 Å². The third kappa shape index (κ3) is 8.30. The summed E-state index contributed by atoms with van der Waals surface area (Å²) in [6, 6.07) is 39.0. The van der Waals surface area contributed by atoms with Crippen LogP contribution in [0.3, 0.4) is 0 Å². The Morgan fingerprint density at radius 3 is 2.11 bits per heavy atom. The van der Waals surface area contributed by atoms with Gasteiger partial charge in [0.1, 0.15) is 11.5 Å². The molecule has 0 spiro atoms. The van der Waals surface area contributed by atoms with Crippen molar-refractivity contribution < 1.29 is 14.4 Å². The van der Waals surface area contributed by atoms with Gasteiger partial charge >= 0.3 is 0 Å². The molecule has 0 aliphatic heterocycles. The van der Waals surface area contributed by atoms with E-state index >= 15 is 0 Å². The van der Waals surface area contributed by atoms with Crippen molar-refractivity contribution in [2.75, 3.05) is 10.6 Å². The van der Waals surface area contributed by atoms with Crippen LogP contribution in [0.25, 0.3) is 17.2 Å². The molecule has 4 aromatic carbocycles. The third-order valence-electron chi connectivity index (χ3n) is 6.55. The Bertz CT molecular complexity index is 1760. The molecule has 0 saturated carbocycles. The van der Waals surface area contributed by atoms with E-state index in [4.69, 9.17) is 0 Å². The lowest BCUT2D eigenvalue weighted by atomic mass is 10.0. The fourth-order valence-electron chi connectivity index (χ4n) is 4.28. The number of aromatic nitrogens is 1. The van der Waals surface area contributed by atoms with Gasteiger partial charge in [-0.2, -0.15) is 0 Å². The Morgan fingerprint density at radius 1 is 0.727 bits per heavy atom. The molecule has 0 aliphatic rings. The molecular weight excluding hydrogens is 568 g/mol. The number of pyridine rings is 1. The normalized spacial score (nSPS) is 11.7. The van der Waals surface area contributed by atoms with Crippen LogP contribution in [0.2, 0.25) is 0 Å². The zero-order valence-corrected chi connectivity index (χ0v) is 24.8. The van der Waals surface area contributed by atoms with Gasteiger partial charge in [-0.25, -0.2) is 4.98 Å². The minimum atomic E-state index is -0.482. The van der Waals surface area contributed by atoms with Crippen molar-refractivity contribution >= 4 is 47.1 Å². The highest BCUT2D eigenvalue weighted by Crippen LogP contribution is 2.27.